The number of carbonyl (C=O) groups is 1. The van der Waals surface area contributed by atoms with Crippen LogP contribution in [-0.2, 0) is 4.79 Å². The molecule has 2 atom stereocenters. The van der Waals surface area contributed by atoms with Crippen molar-refractivity contribution in [3.63, 3.8) is 0 Å². The number of aliphatic hydroxyl groups is 2. The van der Waals surface area contributed by atoms with Crippen LogP contribution in [0.1, 0.15) is 32.1 Å². The molecule has 1 aliphatic carbocycles. The summed E-state index contributed by atoms with van der Waals surface area (Å²) in [5.41, 5.74) is 0. The lowest BCUT2D eigenvalue weighted by molar-refractivity contribution is -0.121. The Morgan fingerprint density at radius 1 is 1.09 bits per heavy atom. The van der Waals surface area contributed by atoms with Crippen LogP contribution in [0.25, 0.3) is 0 Å². The van der Waals surface area contributed by atoms with Crippen molar-refractivity contribution in [1.29, 1.82) is 0 Å². The summed E-state index contributed by atoms with van der Waals surface area (Å²) in [6, 6.07) is 0. The van der Waals surface area contributed by atoms with Gasteiger partial charge in [-0.3, -0.25) is 4.79 Å². The van der Waals surface area contributed by atoms with Crippen molar-refractivity contribution >= 4 is 5.78 Å². The first-order chi connectivity index (χ1) is 5.20. The molecule has 0 saturated heterocycles. The zero-order valence-corrected chi connectivity index (χ0v) is 6.49. The monoisotopic (exact) mass is 158 g/mol. The van der Waals surface area contributed by atoms with Gasteiger partial charge < -0.3 is 10.2 Å². The molecule has 0 aromatic heterocycles. The van der Waals surface area contributed by atoms with Gasteiger partial charge in [0.25, 0.3) is 0 Å². The summed E-state index contributed by atoms with van der Waals surface area (Å²) in [4.78, 5) is 10.9. The van der Waals surface area contributed by atoms with E-state index in [9.17, 15) is 15.0 Å². The molecule has 3 heteroatoms. The normalized spacial score (nSPS) is 34.5. The Balaban J connectivity index is 2.40. The van der Waals surface area contributed by atoms with Crippen molar-refractivity contribution in [3.8, 4) is 0 Å². The Kier molecular flexibility index (Phi) is 3.02. The maximum atomic E-state index is 10.9. The number of Topliss-reactive ketones (excluding diaryl/α,β-unsaturated/α-hetero) is 1. The van der Waals surface area contributed by atoms with Gasteiger partial charge >= 0.3 is 0 Å². The highest BCUT2D eigenvalue weighted by molar-refractivity contribution is 5.78. The van der Waals surface area contributed by atoms with Crippen molar-refractivity contribution < 1.29 is 15.0 Å². The highest BCUT2D eigenvalue weighted by Gasteiger charge is 2.20. The predicted molar refractivity (Wildman–Crippen MR) is 40.1 cm³/mol. The minimum Gasteiger partial charge on any atom is -0.390 e. The average molecular weight is 158 g/mol. The van der Waals surface area contributed by atoms with Crippen molar-refractivity contribution in [2.75, 3.05) is 0 Å². The molecule has 0 heterocycles. The fourth-order valence-electron chi connectivity index (χ4n) is 1.33. The van der Waals surface area contributed by atoms with Crippen LogP contribution in [0, 0.1) is 0 Å². The SMILES string of the molecule is O=C1CCCC(O)C(O)CC1. The molecule has 64 valence electrons. The molecular weight excluding hydrogens is 144 g/mol. The molecule has 1 aliphatic rings. The standard InChI is InChI=1S/C8H14O3/c9-6-2-1-3-7(10)8(11)5-4-6/h7-8,10-11H,1-5H2. The molecule has 11 heavy (non-hydrogen) atoms. The molecule has 0 aromatic carbocycles. The lowest BCUT2D eigenvalue weighted by Gasteiger charge is -2.19. The molecule has 0 bridgehead atoms. The molecule has 2 unspecified atom stereocenters. The molecule has 0 amide bonds. The Labute approximate surface area is 66.0 Å². The van der Waals surface area contributed by atoms with E-state index in [0.29, 0.717) is 32.1 Å². The summed E-state index contributed by atoms with van der Waals surface area (Å²) < 4.78 is 0. The van der Waals surface area contributed by atoms with E-state index in [-0.39, 0.29) is 5.78 Å². The molecule has 3 nitrogen and oxygen atoms in total. The Morgan fingerprint density at radius 2 is 1.73 bits per heavy atom. The molecule has 0 radical (unpaired) electrons. The topological polar surface area (TPSA) is 57.5 Å². The first-order valence-corrected chi connectivity index (χ1v) is 4.08. The summed E-state index contributed by atoms with van der Waals surface area (Å²) in [6.45, 7) is 0. The van der Waals surface area contributed by atoms with E-state index in [1.54, 1.807) is 0 Å². The van der Waals surface area contributed by atoms with Crippen molar-refractivity contribution in [1.82, 2.24) is 0 Å². The molecule has 2 N–H and O–H groups in total. The van der Waals surface area contributed by atoms with E-state index in [4.69, 9.17) is 0 Å². The van der Waals surface area contributed by atoms with Crippen LogP contribution in [0.3, 0.4) is 0 Å². The molecule has 1 fully saturated rings. The van der Waals surface area contributed by atoms with Gasteiger partial charge in [0.1, 0.15) is 5.78 Å². The third-order valence-electron chi connectivity index (χ3n) is 2.12. The van der Waals surface area contributed by atoms with Crippen LogP contribution in [-0.4, -0.2) is 28.2 Å². The summed E-state index contributed by atoms with van der Waals surface area (Å²) in [7, 11) is 0. The summed E-state index contributed by atoms with van der Waals surface area (Å²) in [6.07, 6.45) is 1.33. The Hall–Kier alpha value is -0.410. The fraction of sp³-hybridized carbons (Fsp3) is 0.875. The molecule has 1 rings (SSSR count). The van der Waals surface area contributed by atoms with Gasteiger partial charge in [-0.25, -0.2) is 0 Å². The Bertz CT molecular complexity index is 144. The van der Waals surface area contributed by atoms with E-state index < -0.39 is 12.2 Å². The van der Waals surface area contributed by atoms with Crippen LogP contribution in [0.5, 0.6) is 0 Å². The molecule has 0 aromatic rings. The van der Waals surface area contributed by atoms with Gasteiger partial charge in [-0.05, 0) is 19.3 Å². The molecule has 1 saturated carbocycles. The summed E-state index contributed by atoms with van der Waals surface area (Å²) in [5, 5.41) is 18.4. The maximum Gasteiger partial charge on any atom is 0.133 e. The minimum atomic E-state index is -0.695. The van der Waals surface area contributed by atoms with Gasteiger partial charge in [-0.2, -0.15) is 0 Å². The van der Waals surface area contributed by atoms with Crippen molar-refractivity contribution in [2.45, 2.75) is 44.3 Å². The minimum absolute atomic E-state index is 0.205. The van der Waals surface area contributed by atoms with Gasteiger partial charge in [0.15, 0.2) is 0 Å². The number of rotatable bonds is 0. The first-order valence-electron chi connectivity index (χ1n) is 4.08. The fourth-order valence-corrected chi connectivity index (χ4v) is 1.33. The van der Waals surface area contributed by atoms with Gasteiger partial charge in [0.05, 0.1) is 12.2 Å². The van der Waals surface area contributed by atoms with Crippen molar-refractivity contribution in [2.24, 2.45) is 0 Å². The number of ketones is 1. The van der Waals surface area contributed by atoms with Crippen LogP contribution in [0.4, 0.5) is 0 Å². The second-order valence-electron chi connectivity index (χ2n) is 3.10. The van der Waals surface area contributed by atoms with Crippen LogP contribution in [0.2, 0.25) is 0 Å². The largest absolute Gasteiger partial charge is 0.390 e. The summed E-state index contributed by atoms with van der Waals surface area (Å²) in [5.74, 6) is 0.205. The quantitative estimate of drug-likeness (QED) is 0.531. The number of carbonyl (C=O) groups excluding carboxylic acids is 1. The second-order valence-corrected chi connectivity index (χ2v) is 3.10. The number of aliphatic hydroxyl groups excluding tert-OH is 2. The first kappa shape index (κ1) is 8.68. The Morgan fingerprint density at radius 3 is 2.45 bits per heavy atom. The van der Waals surface area contributed by atoms with E-state index in [0.717, 1.165) is 0 Å². The molecular formula is C8H14O3. The van der Waals surface area contributed by atoms with Crippen LogP contribution in [0.15, 0.2) is 0 Å². The highest BCUT2D eigenvalue weighted by atomic mass is 16.3. The molecule has 0 spiro atoms. The lowest BCUT2D eigenvalue weighted by Crippen LogP contribution is -2.28. The van der Waals surface area contributed by atoms with Crippen molar-refractivity contribution in [3.05, 3.63) is 0 Å². The third kappa shape index (κ3) is 2.60. The van der Waals surface area contributed by atoms with E-state index in [2.05, 4.69) is 0 Å². The van der Waals surface area contributed by atoms with Crippen LogP contribution < -0.4 is 0 Å². The smallest absolute Gasteiger partial charge is 0.133 e. The predicted octanol–water partition coefficient (Wildman–Crippen LogP) is 0.241. The van der Waals surface area contributed by atoms with Crippen LogP contribution >= 0.6 is 0 Å². The van der Waals surface area contributed by atoms with E-state index in [1.165, 1.54) is 0 Å². The molecule has 0 aliphatic heterocycles. The van der Waals surface area contributed by atoms with Gasteiger partial charge in [0.2, 0.25) is 0 Å². The average Bonchev–Trinajstić information content (AvgIpc) is 1.98. The second kappa shape index (κ2) is 3.83. The number of hydrogen-bond acceptors (Lipinski definition) is 3. The maximum absolute atomic E-state index is 10.9. The zero-order chi connectivity index (χ0) is 8.27. The van der Waals surface area contributed by atoms with Gasteiger partial charge in [-0.1, -0.05) is 0 Å². The lowest BCUT2D eigenvalue weighted by atomic mass is 9.96. The van der Waals surface area contributed by atoms with Gasteiger partial charge in [0, 0.05) is 12.8 Å². The highest BCUT2D eigenvalue weighted by Crippen LogP contribution is 2.15. The zero-order valence-electron chi connectivity index (χ0n) is 6.49. The third-order valence-corrected chi connectivity index (χ3v) is 2.12. The van der Waals surface area contributed by atoms with E-state index >= 15 is 0 Å². The van der Waals surface area contributed by atoms with E-state index in [1.807, 2.05) is 0 Å². The summed E-state index contributed by atoms with van der Waals surface area (Å²) >= 11 is 0. The number of hydrogen-bond donors (Lipinski definition) is 2. The van der Waals surface area contributed by atoms with Gasteiger partial charge in [-0.15, -0.1) is 0 Å².